The minimum atomic E-state index is -0.803. The third kappa shape index (κ3) is 5.82. The number of rotatable bonds is 6. The zero-order valence-corrected chi connectivity index (χ0v) is 21.4. The summed E-state index contributed by atoms with van der Waals surface area (Å²) in [7, 11) is 0. The Labute approximate surface area is 204 Å². The number of likely N-dealkylation sites (tertiary alicyclic amines) is 1. The fourth-order valence-corrected chi connectivity index (χ4v) is 5.03. The number of hydrogen-bond acceptors (Lipinski definition) is 6. The molecule has 2 aromatic rings. The van der Waals surface area contributed by atoms with Crippen LogP contribution in [0.2, 0.25) is 0 Å². The van der Waals surface area contributed by atoms with Crippen molar-refractivity contribution in [2.45, 2.75) is 72.2 Å². The Morgan fingerprint density at radius 1 is 1.18 bits per heavy atom. The zero-order valence-electron chi connectivity index (χ0n) is 20.6. The predicted octanol–water partition coefficient (Wildman–Crippen LogP) is 2.81. The molecule has 1 aromatic carbocycles. The Hall–Kier alpha value is -2.78. The van der Waals surface area contributed by atoms with Gasteiger partial charge in [-0.25, -0.2) is 4.98 Å². The summed E-state index contributed by atoms with van der Waals surface area (Å²) in [5.41, 5.74) is 4.26. The Morgan fingerprint density at radius 3 is 2.35 bits per heavy atom. The number of benzene rings is 1. The lowest BCUT2D eigenvalue weighted by atomic mass is 9.85. The molecule has 9 heteroatoms. The van der Waals surface area contributed by atoms with Crippen LogP contribution in [0.5, 0.6) is 0 Å². The van der Waals surface area contributed by atoms with Crippen LogP contribution in [0.4, 0.5) is 0 Å². The fraction of sp³-hybridized carbons (Fsp3) is 0.520. The average molecular weight is 487 g/mol. The van der Waals surface area contributed by atoms with Crippen molar-refractivity contribution in [1.29, 1.82) is 0 Å². The molecule has 3 rings (SSSR count). The third-order valence-electron chi connectivity index (χ3n) is 6.10. The van der Waals surface area contributed by atoms with Crippen LogP contribution < -0.4 is 10.6 Å². The van der Waals surface area contributed by atoms with Crippen molar-refractivity contribution in [1.82, 2.24) is 20.5 Å². The molecule has 4 atom stereocenters. The molecule has 1 aliphatic heterocycles. The number of thiazole rings is 1. The van der Waals surface area contributed by atoms with E-state index in [1.165, 1.54) is 11.8 Å². The number of hydrogen-bond donors (Lipinski definition) is 3. The Kier molecular flexibility index (Phi) is 7.77. The maximum absolute atomic E-state index is 13.3. The lowest BCUT2D eigenvalue weighted by molar-refractivity contribution is -0.144. The number of aliphatic hydroxyl groups excluding tert-OH is 1. The highest BCUT2D eigenvalue weighted by Gasteiger charge is 2.44. The summed E-state index contributed by atoms with van der Waals surface area (Å²) in [6.45, 7) is 10.8. The number of carbonyl (C=O) groups excluding carboxylic acids is 3. The molecular formula is C25H34N4O4S. The maximum Gasteiger partial charge on any atom is 0.246 e. The summed E-state index contributed by atoms with van der Waals surface area (Å²) < 4.78 is 0. The Bertz CT molecular complexity index is 1040. The molecule has 0 spiro atoms. The van der Waals surface area contributed by atoms with Gasteiger partial charge in [0.25, 0.3) is 0 Å². The second-order valence-corrected chi connectivity index (χ2v) is 10.9. The van der Waals surface area contributed by atoms with Gasteiger partial charge in [-0.15, -0.1) is 11.3 Å². The highest BCUT2D eigenvalue weighted by atomic mass is 32.1. The summed E-state index contributed by atoms with van der Waals surface area (Å²) in [6, 6.07) is 6.07. The van der Waals surface area contributed by atoms with Gasteiger partial charge in [-0.2, -0.15) is 0 Å². The van der Waals surface area contributed by atoms with Gasteiger partial charge in [-0.1, -0.05) is 45.0 Å². The molecule has 0 bridgehead atoms. The lowest BCUT2D eigenvalue weighted by Crippen LogP contribution is -2.57. The summed E-state index contributed by atoms with van der Waals surface area (Å²) in [6.07, 6.45) is -0.639. The Balaban J connectivity index is 1.72. The van der Waals surface area contributed by atoms with Gasteiger partial charge >= 0.3 is 0 Å². The van der Waals surface area contributed by atoms with E-state index in [9.17, 15) is 19.5 Å². The highest BCUT2D eigenvalue weighted by molar-refractivity contribution is 7.13. The van der Waals surface area contributed by atoms with Gasteiger partial charge in [0, 0.05) is 19.9 Å². The average Bonchev–Trinajstić information content (AvgIpc) is 3.36. The van der Waals surface area contributed by atoms with E-state index in [4.69, 9.17) is 0 Å². The number of carbonyl (C=O) groups is 3. The summed E-state index contributed by atoms with van der Waals surface area (Å²) in [4.78, 5) is 45.0. The first-order valence-electron chi connectivity index (χ1n) is 11.4. The van der Waals surface area contributed by atoms with Crippen LogP contribution in [-0.4, -0.2) is 57.4 Å². The van der Waals surface area contributed by atoms with E-state index < -0.39 is 23.6 Å². The monoisotopic (exact) mass is 486 g/mol. The van der Waals surface area contributed by atoms with Gasteiger partial charge in [0.15, 0.2) is 0 Å². The normalized spacial score (nSPS) is 20.0. The number of aliphatic hydroxyl groups is 1. The van der Waals surface area contributed by atoms with Crippen LogP contribution in [0, 0.1) is 12.3 Å². The first-order chi connectivity index (χ1) is 15.9. The van der Waals surface area contributed by atoms with Gasteiger partial charge in [0.1, 0.15) is 12.1 Å². The summed E-state index contributed by atoms with van der Waals surface area (Å²) in [5, 5.41) is 16.0. The topological polar surface area (TPSA) is 112 Å². The highest BCUT2D eigenvalue weighted by Crippen LogP contribution is 2.29. The van der Waals surface area contributed by atoms with Crippen molar-refractivity contribution in [2.24, 2.45) is 5.41 Å². The van der Waals surface area contributed by atoms with Gasteiger partial charge < -0.3 is 20.6 Å². The van der Waals surface area contributed by atoms with Crippen LogP contribution in [0.15, 0.2) is 29.8 Å². The number of amides is 3. The zero-order chi connectivity index (χ0) is 25.2. The molecule has 184 valence electrons. The van der Waals surface area contributed by atoms with Gasteiger partial charge in [-0.05, 0) is 30.4 Å². The van der Waals surface area contributed by atoms with E-state index in [0.29, 0.717) is 0 Å². The van der Waals surface area contributed by atoms with Gasteiger partial charge in [0.05, 0.1) is 28.2 Å². The molecule has 2 heterocycles. The van der Waals surface area contributed by atoms with Gasteiger partial charge in [0.2, 0.25) is 17.7 Å². The first-order valence-corrected chi connectivity index (χ1v) is 12.3. The van der Waals surface area contributed by atoms with Crippen LogP contribution in [0.3, 0.4) is 0 Å². The molecule has 34 heavy (non-hydrogen) atoms. The quantitative estimate of drug-likeness (QED) is 0.581. The fourth-order valence-electron chi connectivity index (χ4n) is 4.22. The SMILES string of the molecule is CC(=O)N[C@H](C(=O)N1CC(O)CC1C(=O)NC(C)c1ccc(-c2scnc2C)cc1)C(C)(C)C. The number of aromatic nitrogens is 1. The van der Waals surface area contributed by atoms with E-state index in [0.717, 1.165) is 21.7 Å². The predicted molar refractivity (Wildman–Crippen MR) is 132 cm³/mol. The van der Waals surface area contributed by atoms with Gasteiger partial charge in [-0.3, -0.25) is 14.4 Å². The molecule has 0 saturated carbocycles. The van der Waals surface area contributed by atoms with Crippen molar-refractivity contribution >= 4 is 29.1 Å². The molecule has 1 aromatic heterocycles. The van der Waals surface area contributed by atoms with E-state index in [1.54, 1.807) is 11.3 Å². The van der Waals surface area contributed by atoms with Crippen molar-refractivity contribution in [3.05, 3.63) is 41.0 Å². The standard InChI is InChI=1S/C25H34N4O4S/c1-14(17-7-9-18(10-8-17)21-15(2)26-13-34-21)27-23(32)20-11-19(31)12-29(20)24(33)22(25(4,5)6)28-16(3)30/h7-10,13-14,19-20,22,31H,11-12H2,1-6H3,(H,27,32)(H,28,30)/t14?,19?,20?,22-/m1/s1. The number of nitrogens with zero attached hydrogens (tertiary/aromatic N) is 2. The molecule has 0 aliphatic carbocycles. The second-order valence-electron chi connectivity index (χ2n) is 10.0. The number of β-amino-alcohol motifs (C(OH)–C–C–N with tert-alkyl or cyclic N) is 1. The largest absolute Gasteiger partial charge is 0.391 e. The maximum atomic E-state index is 13.3. The molecule has 8 nitrogen and oxygen atoms in total. The molecule has 3 unspecified atom stereocenters. The molecule has 3 N–H and O–H groups in total. The molecular weight excluding hydrogens is 452 g/mol. The van der Waals surface area contributed by atoms with E-state index in [2.05, 4.69) is 15.6 Å². The number of aryl methyl sites for hydroxylation is 1. The van der Waals surface area contributed by atoms with Crippen LogP contribution in [0.1, 0.15) is 58.3 Å². The van der Waals surface area contributed by atoms with Crippen LogP contribution >= 0.6 is 11.3 Å². The Morgan fingerprint density at radius 2 is 1.82 bits per heavy atom. The smallest absolute Gasteiger partial charge is 0.246 e. The third-order valence-corrected chi connectivity index (χ3v) is 7.08. The van der Waals surface area contributed by atoms with E-state index in [-0.39, 0.29) is 36.7 Å². The summed E-state index contributed by atoms with van der Waals surface area (Å²) in [5.74, 6) is -1.01. The van der Waals surface area contributed by atoms with E-state index in [1.807, 2.05) is 64.4 Å². The van der Waals surface area contributed by atoms with Crippen molar-refractivity contribution in [3.8, 4) is 10.4 Å². The molecule has 0 radical (unpaired) electrons. The minimum Gasteiger partial charge on any atom is -0.391 e. The van der Waals surface area contributed by atoms with Crippen molar-refractivity contribution < 1.29 is 19.5 Å². The van der Waals surface area contributed by atoms with Crippen molar-refractivity contribution in [3.63, 3.8) is 0 Å². The lowest BCUT2D eigenvalue weighted by Gasteiger charge is -2.35. The molecule has 1 saturated heterocycles. The summed E-state index contributed by atoms with van der Waals surface area (Å²) >= 11 is 1.59. The molecule has 1 aliphatic rings. The second kappa shape index (κ2) is 10.2. The first kappa shape index (κ1) is 25.8. The minimum absolute atomic E-state index is 0.0559. The van der Waals surface area contributed by atoms with E-state index >= 15 is 0 Å². The van der Waals surface area contributed by atoms with Crippen molar-refractivity contribution in [2.75, 3.05) is 6.54 Å². The number of nitrogens with one attached hydrogen (secondary N) is 2. The van der Waals surface area contributed by atoms with Crippen LogP contribution in [-0.2, 0) is 14.4 Å². The molecule has 1 fully saturated rings. The van der Waals surface area contributed by atoms with Crippen LogP contribution in [0.25, 0.3) is 10.4 Å². The molecule has 3 amide bonds.